The number of nitrogens with zero attached hydrogens (tertiary/aromatic N) is 3. The van der Waals surface area contributed by atoms with Gasteiger partial charge in [-0.2, -0.15) is 5.21 Å². The molecule has 2 heterocycles. The summed E-state index contributed by atoms with van der Waals surface area (Å²) in [6.45, 7) is 1.46. The SMILES string of the molecule is Cl.O=C(NCc1ccc(-c2nn[nH]n2)cc1)C1CCCN1. The number of carbonyl (C=O) groups excluding carboxylic acids is 1. The van der Waals surface area contributed by atoms with E-state index in [1.807, 2.05) is 24.3 Å². The summed E-state index contributed by atoms with van der Waals surface area (Å²) in [6, 6.07) is 7.70. The molecule has 112 valence electrons. The van der Waals surface area contributed by atoms with E-state index < -0.39 is 0 Å². The van der Waals surface area contributed by atoms with Crippen molar-refractivity contribution in [3.8, 4) is 11.4 Å². The maximum Gasteiger partial charge on any atom is 0.237 e. The number of benzene rings is 1. The molecule has 1 aliphatic rings. The number of nitrogens with one attached hydrogen (secondary N) is 3. The van der Waals surface area contributed by atoms with Gasteiger partial charge in [0.15, 0.2) is 0 Å². The molecule has 1 aromatic heterocycles. The van der Waals surface area contributed by atoms with Gasteiger partial charge in [0.05, 0.1) is 6.04 Å². The fourth-order valence-corrected chi connectivity index (χ4v) is 2.28. The van der Waals surface area contributed by atoms with Crippen LogP contribution in [-0.2, 0) is 11.3 Å². The van der Waals surface area contributed by atoms with Gasteiger partial charge in [-0.15, -0.1) is 22.6 Å². The molecule has 0 radical (unpaired) electrons. The number of H-pyrrole nitrogens is 1. The standard InChI is InChI=1S/C13H16N6O.ClH/c20-13(11-2-1-7-14-11)15-8-9-3-5-10(6-4-9)12-16-18-19-17-12;/h3-6,11,14H,1-2,7-8H2,(H,15,20)(H,16,17,18,19);1H. The molecule has 0 aliphatic carbocycles. The summed E-state index contributed by atoms with van der Waals surface area (Å²) in [5.74, 6) is 0.639. The van der Waals surface area contributed by atoms with Crippen molar-refractivity contribution in [3.05, 3.63) is 29.8 Å². The summed E-state index contributed by atoms with van der Waals surface area (Å²) in [7, 11) is 0. The first kappa shape index (κ1) is 15.4. The zero-order valence-electron chi connectivity index (χ0n) is 11.4. The van der Waals surface area contributed by atoms with Gasteiger partial charge in [-0.1, -0.05) is 24.3 Å². The van der Waals surface area contributed by atoms with E-state index in [4.69, 9.17) is 0 Å². The van der Waals surface area contributed by atoms with Crippen LogP contribution in [0.15, 0.2) is 24.3 Å². The average Bonchev–Trinajstić information content (AvgIpc) is 3.18. The van der Waals surface area contributed by atoms with Crippen LogP contribution in [0.5, 0.6) is 0 Å². The van der Waals surface area contributed by atoms with Gasteiger partial charge in [-0.25, -0.2) is 0 Å². The summed E-state index contributed by atoms with van der Waals surface area (Å²) in [5, 5.41) is 19.9. The van der Waals surface area contributed by atoms with Crippen molar-refractivity contribution in [1.29, 1.82) is 0 Å². The lowest BCUT2D eigenvalue weighted by atomic mass is 10.1. The first-order valence-corrected chi connectivity index (χ1v) is 6.67. The molecule has 0 bridgehead atoms. The largest absolute Gasteiger partial charge is 0.351 e. The van der Waals surface area contributed by atoms with Crippen molar-refractivity contribution >= 4 is 18.3 Å². The van der Waals surface area contributed by atoms with E-state index in [1.165, 1.54) is 0 Å². The monoisotopic (exact) mass is 308 g/mol. The number of amides is 1. The summed E-state index contributed by atoms with van der Waals surface area (Å²) >= 11 is 0. The molecule has 1 aromatic carbocycles. The summed E-state index contributed by atoms with van der Waals surface area (Å²) < 4.78 is 0. The number of hydrogen-bond acceptors (Lipinski definition) is 5. The molecular weight excluding hydrogens is 292 g/mol. The third kappa shape index (κ3) is 3.77. The van der Waals surface area contributed by atoms with Crippen molar-refractivity contribution in [1.82, 2.24) is 31.3 Å². The molecule has 2 aromatic rings. The molecule has 21 heavy (non-hydrogen) atoms. The fraction of sp³-hybridized carbons (Fsp3) is 0.385. The van der Waals surface area contributed by atoms with Crippen LogP contribution in [0.25, 0.3) is 11.4 Å². The molecular formula is C13H17ClN6O. The van der Waals surface area contributed by atoms with Crippen LogP contribution < -0.4 is 10.6 Å². The number of aromatic amines is 1. The Balaban J connectivity index is 0.00000161. The molecule has 1 fully saturated rings. The fourth-order valence-electron chi connectivity index (χ4n) is 2.28. The highest BCUT2D eigenvalue weighted by Gasteiger charge is 2.21. The Kier molecular flexibility index (Phi) is 5.24. The van der Waals surface area contributed by atoms with E-state index >= 15 is 0 Å². The number of halogens is 1. The molecule has 1 aliphatic heterocycles. The lowest BCUT2D eigenvalue weighted by molar-refractivity contribution is -0.122. The minimum absolute atomic E-state index is 0. The van der Waals surface area contributed by atoms with Crippen LogP contribution in [0.3, 0.4) is 0 Å². The molecule has 8 heteroatoms. The van der Waals surface area contributed by atoms with Crippen LogP contribution >= 0.6 is 12.4 Å². The van der Waals surface area contributed by atoms with Crippen molar-refractivity contribution < 1.29 is 4.79 Å². The van der Waals surface area contributed by atoms with Crippen LogP contribution in [-0.4, -0.2) is 39.1 Å². The molecule has 1 atom stereocenters. The predicted octanol–water partition coefficient (Wildman–Crippen LogP) is 0.657. The topological polar surface area (TPSA) is 95.6 Å². The van der Waals surface area contributed by atoms with Gasteiger partial charge >= 0.3 is 0 Å². The van der Waals surface area contributed by atoms with E-state index in [2.05, 4.69) is 31.3 Å². The third-order valence-corrected chi connectivity index (χ3v) is 3.40. The lowest BCUT2D eigenvalue weighted by Gasteiger charge is -2.11. The third-order valence-electron chi connectivity index (χ3n) is 3.40. The Morgan fingerprint density at radius 1 is 1.33 bits per heavy atom. The second kappa shape index (κ2) is 7.14. The van der Waals surface area contributed by atoms with Crippen LogP contribution in [0, 0.1) is 0 Å². The minimum Gasteiger partial charge on any atom is -0.351 e. The molecule has 1 unspecified atom stereocenters. The number of carbonyl (C=O) groups is 1. The highest BCUT2D eigenvalue weighted by Crippen LogP contribution is 2.14. The van der Waals surface area contributed by atoms with E-state index in [9.17, 15) is 4.79 Å². The van der Waals surface area contributed by atoms with Gasteiger partial charge in [0.2, 0.25) is 11.7 Å². The lowest BCUT2D eigenvalue weighted by Crippen LogP contribution is -2.39. The highest BCUT2D eigenvalue weighted by atomic mass is 35.5. The average molecular weight is 309 g/mol. The van der Waals surface area contributed by atoms with E-state index in [0.29, 0.717) is 12.4 Å². The smallest absolute Gasteiger partial charge is 0.237 e. The van der Waals surface area contributed by atoms with Gasteiger partial charge in [-0.05, 0) is 30.2 Å². The number of hydrogen-bond donors (Lipinski definition) is 3. The van der Waals surface area contributed by atoms with E-state index in [0.717, 1.165) is 30.5 Å². The van der Waals surface area contributed by atoms with Crippen LogP contribution in [0.4, 0.5) is 0 Å². The zero-order chi connectivity index (χ0) is 13.8. The van der Waals surface area contributed by atoms with Crippen LogP contribution in [0.1, 0.15) is 18.4 Å². The van der Waals surface area contributed by atoms with Gasteiger partial charge < -0.3 is 10.6 Å². The van der Waals surface area contributed by atoms with E-state index in [1.54, 1.807) is 0 Å². The maximum absolute atomic E-state index is 11.9. The summed E-state index contributed by atoms with van der Waals surface area (Å²) in [6.07, 6.45) is 1.99. The van der Waals surface area contributed by atoms with Gasteiger partial charge in [-0.3, -0.25) is 4.79 Å². The number of rotatable bonds is 4. The molecule has 1 saturated heterocycles. The van der Waals surface area contributed by atoms with Gasteiger partial charge in [0.1, 0.15) is 0 Å². The number of tetrazole rings is 1. The van der Waals surface area contributed by atoms with Gasteiger partial charge in [0, 0.05) is 12.1 Å². The molecule has 3 rings (SSSR count). The van der Waals surface area contributed by atoms with Crippen molar-refractivity contribution in [2.24, 2.45) is 0 Å². The normalized spacial score (nSPS) is 17.2. The molecule has 7 nitrogen and oxygen atoms in total. The quantitative estimate of drug-likeness (QED) is 0.771. The Labute approximate surface area is 128 Å². The first-order valence-electron chi connectivity index (χ1n) is 6.67. The van der Waals surface area contributed by atoms with Crippen molar-refractivity contribution in [3.63, 3.8) is 0 Å². The molecule has 0 saturated carbocycles. The maximum atomic E-state index is 11.9. The Morgan fingerprint density at radius 2 is 2.14 bits per heavy atom. The Hall–Kier alpha value is -1.99. The zero-order valence-corrected chi connectivity index (χ0v) is 12.2. The van der Waals surface area contributed by atoms with Crippen LogP contribution in [0.2, 0.25) is 0 Å². The minimum atomic E-state index is -0.0337. The Morgan fingerprint density at radius 3 is 2.76 bits per heavy atom. The van der Waals surface area contributed by atoms with Crippen molar-refractivity contribution in [2.45, 2.75) is 25.4 Å². The van der Waals surface area contributed by atoms with Gasteiger partial charge in [0.25, 0.3) is 0 Å². The summed E-state index contributed by atoms with van der Waals surface area (Å²) in [5.41, 5.74) is 1.94. The second-order valence-corrected chi connectivity index (χ2v) is 4.80. The molecule has 1 amide bonds. The van der Waals surface area contributed by atoms with E-state index in [-0.39, 0.29) is 24.4 Å². The van der Waals surface area contributed by atoms with Crippen molar-refractivity contribution in [2.75, 3.05) is 6.54 Å². The second-order valence-electron chi connectivity index (χ2n) is 4.80. The molecule has 3 N–H and O–H groups in total. The highest BCUT2D eigenvalue weighted by molar-refractivity contribution is 5.85. The number of aromatic nitrogens is 4. The summed E-state index contributed by atoms with van der Waals surface area (Å²) in [4.78, 5) is 11.9. The predicted molar refractivity (Wildman–Crippen MR) is 79.7 cm³/mol. The Bertz CT molecular complexity index is 565. The molecule has 0 spiro atoms. The first-order chi connectivity index (χ1) is 9.83.